The quantitative estimate of drug-likeness (QED) is 0.789. The fourth-order valence-corrected chi connectivity index (χ4v) is 2.81. The van der Waals surface area contributed by atoms with Crippen LogP contribution in [0.15, 0.2) is 29.8 Å². The van der Waals surface area contributed by atoms with Crippen molar-refractivity contribution < 1.29 is 13.9 Å². The summed E-state index contributed by atoms with van der Waals surface area (Å²) in [5, 5.41) is 10.3. The topological polar surface area (TPSA) is 20.2 Å². The molecule has 0 saturated heterocycles. The van der Waals surface area contributed by atoms with Crippen LogP contribution in [0.5, 0.6) is 0 Å². The summed E-state index contributed by atoms with van der Waals surface area (Å²) in [6.45, 7) is 4.15. The van der Waals surface area contributed by atoms with Crippen molar-refractivity contribution in [3.8, 4) is 0 Å². The standard InChI is InChI=1S/C15H18F2O/c1-9-5-10(2)7-12(6-9)15(18)11-3-4-13(16)14(17)8-11/h3-5,8-9,12,15,18H,6-7H2,1-2H3. The average Bonchev–Trinajstić information content (AvgIpc) is 2.30. The Balaban J connectivity index is 2.18. The molecular weight excluding hydrogens is 234 g/mol. The van der Waals surface area contributed by atoms with Crippen molar-refractivity contribution in [2.24, 2.45) is 11.8 Å². The zero-order valence-electron chi connectivity index (χ0n) is 10.7. The minimum Gasteiger partial charge on any atom is -0.388 e. The van der Waals surface area contributed by atoms with Gasteiger partial charge in [-0.05, 0) is 49.3 Å². The van der Waals surface area contributed by atoms with Gasteiger partial charge in [0.25, 0.3) is 0 Å². The predicted molar refractivity (Wildman–Crippen MR) is 67.0 cm³/mol. The molecule has 1 aromatic carbocycles. The van der Waals surface area contributed by atoms with Crippen LogP contribution in [0, 0.1) is 23.5 Å². The van der Waals surface area contributed by atoms with Crippen LogP contribution in [0.2, 0.25) is 0 Å². The van der Waals surface area contributed by atoms with Gasteiger partial charge in [0.15, 0.2) is 11.6 Å². The van der Waals surface area contributed by atoms with Crippen molar-refractivity contribution in [2.45, 2.75) is 32.8 Å². The van der Waals surface area contributed by atoms with Gasteiger partial charge in [0.1, 0.15) is 0 Å². The summed E-state index contributed by atoms with van der Waals surface area (Å²) < 4.78 is 26.0. The van der Waals surface area contributed by atoms with E-state index in [2.05, 4.69) is 13.0 Å². The first-order valence-corrected chi connectivity index (χ1v) is 6.27. The minimum absolute atomic E-state index is 0.0786. The van der Waals surface area contributed by atoms with E-state index in [1.807, 2.05) is 6.92 Å². The number of aliphatic hydroxyl groups is 1. The second-order valence-corrected chi connectivity index (χ2v) is 5.31. The van der Waals surface area contributed by atoms with Gasteiger partial charge in [-0.15, -0.1) is 0 Å². The molecule has 0 bridgehead atoms. The average molecular weight is 252 g/mol. The summed E-state index contributed by atoms with van der Waals surface area (Å²) in [5.74, 6) is -1.28. The molecule has 1 aliphatic rings. The predicted octanol–water partition coefficient (Wildman–Crippen LogP) is 3.99. The van der Waals surface area contributed by atoms with Gasteiger partial charge in [-0.2, -0.15) is 0 Å². The van der Waals surface area contributed by atoms with E-state index in [0.717, 1.165) is 25.0 Å². The van der Waals surface area contributed by atoms with Gasteiger partial charge in [-0.1, -0.05) is 24.6 Å². The Labute approximate surface area is 106 Å². The molecule has 18 heavy (non-hydrogen) atoms. The maximum atomic E-state index is 13.2. The molecule has 3 atom stereocenters. The molecule has 3 unspecified atom stereocenters. The van der Waals surface area contributed by atoms with Crippen molar-refractivity contribution >= 4 is 0 Å². The summed E-state index contributed by atoms with van der Waals surface area (Å²) in [6, 6.07) is 3.63. The summed E-state index contributed by atoms with van der Waals surface area (Å²) in [6.07, 6.45) is 3.16. The molecule has 1 aromatic rings. The van der Waals surface area contributed by atoms with Crippen LogP contribution in [0.1, 0.15) is 38.4 Å². The molecular formula is C15H18F2O. The smallest absolute Gasteiger partial charge is 0.159 e. The first-order valence-electron chi connectivity index (χ1n) is 6.27. The summed E-state index contributed by atoms with van der Waals surface area (Å²) in [4.78, 5) is 0. The SMILES string of the molecule is CC1=CC(C)CC(C(O)c2ccc(F)c(F)c2)C1. The van der Waals surface area contributed by atoms with Crippen LogP contribution >= 0.6 is 0 Å². The third-order valence-corrected chi connectivity index (χ3v) is 3.56. The Bertz CT molecular complexity index is 468. The molecule has 0 fully saturated rings. The fraction of sp³-hybridized carbons (Fsp3) is 0.467. The van der Waals surface area contributed by atoms with E-state index in [-0.39, 0.29) is 5.92 Å². The Morgan fingerprint density at radius 1 is 1.28 bits per heavy atom. The Morgan fingerprint density at radius 2 is 2.00 bits per heavy atom. The first kappa shape index (κ1) is 13.2. The van der Waals surface area contributed by atoms with Crippen molar-refractivity contribution in [3.05, 3.63) is 47.0 Å². The van der Waals surface area contributed by atoms with Gasteiger partial charge in [0.2, 0.25) is 0 Å². The van der Waals surface area contributed by atoms with E-state index in [1.165, 1.54) is 11.6 Å². The van der Waals surface area contributed by atoms with Crippen LogP contribution in [0.3, 0.4) is 0 Å². The van der Waals surface area contributed by atoms with E-state index < -0.39 is 17.7 Å². The van der Waals surface area contributed by atoms with Crippen molar-refractivity contribution in [1.29, 1.82) is 0 Å². The van der Waals surface area contributed by atoms with E-state index >= 15 is 0 Å². The number of benzene rings is 1. The fourth-order valence-electron chi connectivity index (χ4n) is 2.81. The summed E-state index contributed by atoms with van der Waals surface area (Å²) >= 11 is 0. The second-order valence-electron chi connectivity index (χ2n) is 5.31. The largest absolute Gasteiger partial charge is 0.388 e. The molecule has 3 heteroatoms. The number of hydrogen-bond acceptors (Lipinski definition) is 1. The zero-order chi connectivity index (χ0) is 13.3. The van der Waals surface area contributed by atoms with Gasteiger partial charge in [0.05, 0.1) is 6.10 Å². The highest BCUT2D eigenvalue weighted by Crippen LogP contribution is 2.36. The number of rotatable bonds is 2. The second kappa shape index (κ2) is 5.19. The third kappa shape index (κ3) is 2.78. The van der Waals surface area contributed by atoms with Crippen LogP contribution in [0.25, 0.3) is 0 Å². The first-order chi connectivity index (χ1) is 8.47. The van der Waals surface area contributed by atoms with E-state index in [4.69, 9.17) is 0 Å². The van der Waals surface area contributed by atoms with Crippen LogP contribution < -0.4 is 0 Å². The highest BCUT2D eigenvalue weighted by molar-refractivity contribution is 5.22. The monoisotopic (exact) mass is 252 g/mol. The molecule has 0 spiro atoms. The van der Waals surface area contributed by atoms with E-state index in [0.29, 0.717) is 11.5 Å². The third-order valence-electron chi connectivity index (χ3n) is 3.56. The van der Waals surface area contributed by atoms with Crippen LogP contribution in [0.4, 0.5) is 8.78 Å². The molecule has 98 valence electrons. The Kier molecular flexibility index (Phi) is 3.81. The normalized spacial score (nSPS) is 25.7. The van der Waals surface area contributed by atoms with Gasteiger partial charge in [-0.25, -0.2) is 8.78 Å². The van der Waals surface area contributed by atoms with Gasteiger partial charge >= 0.3 is 0 Å². The van der Waals surface area contributed by atoms with Crippen molar-refractivity contribution in [3.63, 3.8) is 0 Å². The maximum Gasteiger partial charge on any atom is 0.159 e. The highest BCUT2D eigenvalue weighted by atomic mass is 19.2. The molecule has 0 aliphatic heterocycles. The van der Waals surface area contributed by atoms with Gasteiger partial charge < -0.3 is 5.11 Å². The van der Waals surface area contributed by atoms with E-state index in [9.17, 15) is 13.9 Å². The summed E-state index contributed by atoms with van der Waals surface area (Å²) in [5.41, 5.74) is 1.71. The zero-order valence-corrected chi connectivity index (χ0v) is 10.7. The minimum atomic E-state index is -0.900. The summed E-state index contributed by atoms with van der Waals surface area (Å²) in [7, 11) is 0. The Hall–Kier alpha value is -1.22. The van der Waals surface area contributed by atoms with Gasteiger partial charge in [-0.3, -0.25) is 0 Å². The lowest BCUT2D eigenvalue weighted by molar-refractivity contribution is 0.0928. The molecule has 1 aliphatic carbocycles. The highest BCUT2D eigenvalue weighted by Gasteiger charge is 2.26. The maximum absolute atomic E-state index is 13.2. The lowest BCUT2D eigenvalue weighted by Gasteiger charge is -2.29. The molecule has 0 radical (unpaired) electrons. The van der Waals surface area contributed by atoms with Gasteiger partial charge in [0, 0.05) is 0 Å². The molecule has 0 saturated carbocycles. The molecule has 1 N–H and O–H groups in total. The number of allylic oxidation sites excluding steroid dienone is 2. The number of halogens is 2. The molecule has 0 heterocycles. The molecule has 0 amide bonds. The lowest BCUT2D eigenvalue weighted by atomic mass is 9.79. The van der Waals surface area contributed by atoms with E-state index in [1.54, 1.807) is 0 Å². The van der Waals surface area contributed by atoms with Crippen LogP contribution in [-0.2, 0) is 0 Å². The number of aliphatic hydroxyl groups excluding tert-OH is 1. The molecule has 1 nitrogen and oxygen atoms in total. The van der Waals surface area contributed by atoms with Crippen LogP contribution in [-0.4, -0.2) is 5.11 Å². The molecule has 2 rings (SSSR count). The van der Waals surface area contributed by atoms with Crippen molar-refractivity contribution in [2.75, 3.05) is 0 Å². The molecule has 0 aromatic heterocycles. The number of hydrogen-bond donors (Lipinski definition) is 1. The Morgan fingerprint density at radius 3 is 2.61 bits per heavy atom. The lowest BCUT2D eigenvalue weighted by Crippen LogP contribution is -2.19. The van der Waals surface area contributed by atoms with Crippen molar-refractivity contribution in [1.82, 2.24) is 0 Å².